The maximum Gasteiger partial charge on any atom is 0.205 e. The van der Waals surface area contributed by atoms with Gasteiger partial charge >= 0.3 is 0 Å². The minimum atomic E-state index is 0.913. The maximum absolute atomic E-state index is 4.09. The second kappa shape index (κ2) is 6.21. The Labute approximate surface area is 87.3 Å². The van der Waals surface area contributed by atoms with Crippen LogP contribution < -0.4 is 5.32 Å². The molecule has 1 rings (SSSR count). The first kappa shape index (κ1) is 10.8. The van der Waals surface area contributed by atoms with E-state index < -0.39 is 0 Å². The van der Waals surface area contributed by atoms with E-state index in [4.69, 9.17) is 0 Å². The van der Waals surface area contributed by atoms with Crippen LogP contribution in [0, 0.1) is 0 Å². The zero-order valence-electron chi connectivity index (χ0n) is 8.04. The van der Waals surface area contributed by atoms with E-state index in [0.717, 1.165) is 22.4 Å². The smallest absolute Gasteiger partial charge is 0.205 e. The van der Waals surface area contributed by atoms with E-state index >= 15 is 0 Å². The van der Waals surface area contributed by atoms with Gasteiger partial charge in [0.15, 0.2) is 0 Å². The molecule has 0 radical (unpaired) electrons. The van der Waals surface area contributed by atoms with E-state index in [2.05, 4.69) is 29.4 Å². The molecule has 0 aliphatic rings. The Morgan fingerprint density at radius 3 is 2.92 bits per heavy atom. The summed E-state index contributed by atoms with van der Waals surface area (Å²) in [6.45, 7) is 5.17. The number of anilines is 1. The van der Waals surface area contributed by atoms with Gasteiger partial charge in [0, 0.05) is 12.3 Å². The minimum Gasteiger partial charge on any atom is -0.360 e. The fourth-order valence-electron chi connectivity index (χ4n) is 0.838. The van der Waals surface area contributed by atoms with Crippen LogP contribution in [-0.4, -0.2) is 22.5 Å². The Morgan fingerprint density at radius 2 is 2.23 bits per heavy atom. The van der Waals surface area contributed by atoms with Crippen LogP contribution in [0.15, 0.2) is 0 Å². The van der Waals surface area contributed by atoms with Crippen molar-refractivity contribution < 1.29 is 0 Å². The van der Waals surface area contributed by atoms with Gasteiger partial charge in [-0.05, 0) is 19.1 Å². The van der Waals surface area contributed by atoms with E-state index in [-0.39, 0.29) is 0 Å². The predicted molar refractivity (Wildman–Crippen MR) is 60.5 cm³/mol. The predicted octanol–water partition coefficient (Wildman–Crippen LogP) is 2.61. The standard InChI is InChI=1S/C8H15N3S2/c1-3-5-12-6-7-10-11-8(13-7)9-4-2/h3-6H2,1-2H3,(H,9,11). The van der Waals surface area contributed by atoms with Crippen molar-refractivity contribution in [2.24, 2.45) is 0 Å². The average molecular weight is 217 g/mol. The molecule has 0 spiro atoms. The van der Waals surface area contributed by atoms with Crippen LogP contribution in [0.4, 0.5) is 5.13 Å². The quantitative estimate of drug-likeness (QED) is 0.743. The van der Waals surface area contributed by atoms with Gasteiger partial charge in [-0.3, -0.25) is 0 Å². The number of rotatable bonds is 6. The van der Waals surface area contributed by atoms with Crippen molar-refractivity contribution >= 4 is 28.2 Å². The molecule has 1 N–H and O–H groups in total. The van der Waals surface area contributed by atoms with Crippen LogP contribution in [0.3, 0.4) is 0 Å². The highest BCUT2D eigenvalue weighted by atomic mass is 32.2. The topological polar surface area (TPSA) is 37.8 Å². The summed E-state index contributed by atoms with van der Waals surface area (Å²) in [5, 5.41) is 13.3. The van der Waals surface area contributed by atoms with Gasteiger partial charge in [0.05, 0.1) is 0 Å². The molecule has 0 aliphatic carbocycles. The molecule has 0 saturated heterocycles. The summed E-state index contributed by atoms with van der Waals surface area (Å²) >= 11 is 3.57. The number of nitrogens with zero attached hydrogens (tertiary/aromatic N) is 2. The molecule has 1 aromatic rings. The fraction of sp³-hybridized carbons (Fsp3) is 0.750. The van der Waals surface area contributed by atoms with E-state index in [9.17, 15) is 0 Å². The van der Waals surface area contributed by atoms with Crippen molar-refractivity contribution in [3.8, 4) is 0 Å². The van der Waals surface area contributed by atoms with Crippen LogP contribution in [0.25, 0.3) is 0 Å². The van der Waals surface area contributed by atoms with Gasteiger partial charge in [0.25, 0.3) is 0 Å². The minimum absolute atomic E-state index is 0.913. The first-order valence-corrected chi connectivity index (χ1v) is 6.48. The molecule has 3 nitrogen and oxygen atoms in total. The molecular weight excluding hydrogens is 202 g/mol. The second-order valence-electron chi connectivity index (χ2n) is 2.58. The van der Waals surface area contributed by atoms with E-state index in [1.54, 1.807) is 11.3 Å². The highest BCUT2D eigenvalue weighted by Crippen LogP contribution is 2.20. The lowest BCUT2D eigenvalue weighted by Crippen LogP contribution is -1.94. The molecule has 0 aliphatic heterocycles. The Kier molecular flexibility index (Phi) is 5.15. The van der Waals surface area contributed by atoms with E-state index in [1.165, 1.54) is 12.2 Å². The van der Waals surface area contributed by atoms with Crippen LogP contribution in [-0.2, 0) is 5.75 Å². The highest BCUT2D eigenvalue weighted by molar-refractivity contribution is 7.98. The molecule has 0 bridgehead atoms. The third kappa shape index (κ3) is 3.95. The SMILES string of the molecule is CCCSCc1nnc(NCC)s1. The molecule has 0 amide bonds. The average Bonchev–Trinajstić information content (AvgIpc) is 2.54. The third-order valence-electron chi connectivity index (χ3n) is 1.37. The molecule has 13 heavy (non-hydrogen) atoms. The van der Waals surface area contributed by atoms with Gasteiger partial charge in [0.2, 0.25) is 5.13 Å². The summed E-state index contributed by atoms with van der Waals surface area (Å²) in [5.74, 6) is 2.20. The largest absolute Gasteiger partial charge is 0.360 e. The van der Waals surface area contributed by atoms with Gasteiger partial charge in [-0.25, -0.2) is 0 Å². The molecule has 0 fully saturated rings. The summed E-state index contributed by atoms with van der Waals surface area (Å²) in [6, 6.07) is 0. The lowest BCUT2D eigenvalue weighted by Gasteiger charge is -1.93. The van der Waals surface area contributed by atoms with Crippen molar-refractivity contribution in [1.29, 1.82) is 0 Å². The molecule has 0 atom stereocenters. The van der Waals surface area contributed by atoms with Crippen LogP contribution in [0.1, 0.15) is 25.3 Å². The number of hydrogen-bond donors (Lipinski definition) is 1. The normalized spacial score (nSPS) is 10.3. The molecular formula is C8H15N3S2. The van der Waals surface area contributed by atoms with Crippen molar-refractivity contribution in [3.05, 3.63) is 5.01 Å². The van der Waals surface area contributed by atoms with E-state index in [0.29, 0.717) is 0 Å². The Balaban J connectivity index is 2.31. The van der Waals surface area contributed by atoms with E-state index in [1.807, 2.05) is 11.8 Å². The summed E-state index contributed by atoms with van der Waals surface area (Å²) in [7, 11) is 0. The van der Waals surface area contributed by atoms with Crippen molar-refractivity contribution in [3.63, 3.8) is 0 Å². The van der Waals surface area contributed by atoms with Crippen LogP contribution >= 0.6 is 23.1 Å². The van der Waals surface area contributed by atoms with Gasteiger partial charge in [-0.1, -0.05) is 18.3 Å². The molecule has 0 saturated carbocycles. The number of hydrogen-bond acceptors (Lipinski definition) is 5. The first-order chi connectivity index (χ1) is 6.36. The Bertz CT molecular complexity index is 237. The first-order valence-electron chi connectivity index (χ1n) is 4.50. The molecule has 0 unspecified atom stereocenters. The van der Waals surface area contributed by atoms with Gasteiger partial charge < -0.3 is 5.32 Å². The fourth-order valence-corrected chi connectivity index (χ4v) is 2.59. The summed E-state index contributed by atoms with van der Waals surface area (Å²) in [5.41, 5.74) is 0. The zero-order chi connectivity index (χ0) is 9.52. The lowest BCUT2D eigenvalue weighted by molar-refractivity contribution is 1.02. The Morgan fingerprint density at radius 1 is 1.38 bits per heavy atom. The van der Waals surface area contributed by atoms with Crippen LogP contribution in [0.5, 0.6) is 0 Å². The van der Waals surface area contributed by atoms with Gasteiger partial charge in [0.1, 0.15) is 5.01 Å². The molecule has 74 valence electrons. The molecule has 0 aromatic carbocycles. The third-order valence-corrected chi connectivity index (χ3v) is 3.61. The molecule has 5 heteroatoms. The number of thioether (sulfide) groups is 1. The monoisotopic (exact) mass is 217 g/mol. The summed E-state index contributed by atoms with van der Waals surface area (Å²) in [4.78, 5) is 0. The molecule has 1 heterocycles. The van der Waals surface area contributed by atoms with Crippen molar-refractivity contribution in [2.75, 3.05) is 17.6 Å². The molecule has 1 aromatic heterocycles. The van der Waals surface area contributed by atoms with Gasteiger partial charge in [-0.2, -0.15) is 11.8 Å². The number of aromatic nitrogens is 2. The number of nitrogens with one attached hydrogen (secondary N) is 1. The highest BCUT2D eigenvalue weighted by Gasteiger charge is 2.01. The lowest BCUT2D eigenvalue weighted by atomic mass is 10.6. The summed E-state index contributed by atoms with van der Waals surface area (Å²) < 4.78 is 0. The van der Waals surface area contributed by atoms with Crippen molar-refractivity contribution in [1.82, 2.24) is 10.2 Å². The summed E-state index contributed by atoms with van der Waals surface area (Å²) in [6.07, 6.45) is 1.23. The maximum atomic E-state index is 4.09. The zero-order valence-corrected chi connectivity index (χ0v) is 9.67. The Hall–Kier alpha value is -0.290. The van der Waals surface area contributed by atoms with Crippen molar-refractivity contribution in [2.45, 2.75) is 26.0 Å². The van der Waals surface area contributed by atoms with Crippen LogP contribution in [0.2, 0.25) is 0 Å². The van der Waals surface area contributed by atoms with Gasteiger partial charge in [-0.15, -0.1) is 10.2 Å². The second-order valence-corrected chi connectivity index (χ2v) is 4.75.